The molecule has 0 aromatic heterocycles. The molecule has 0 unspecified atom stereocenters. The molecule has 0 spiro atoms. The summed E-state index contributed by atoms with van der Waals surface area (Å²) in [4.78, 5) is 23.8. The Labute approximate surface area is 101 Å². The number of hydrogen-bond donors (Lipinski definition) is 1. The van der Waals surface area contributed by atoms with Crippen molar-refractivity contribution in [1.29, 1.82) is 0 Å². The topological polar surface area (TPSA) is 57.6 Å². The molecule has 0 saturated heterocycles. The highest BCUT2D eigenvalue weighted by Gasteiger charge is 2.17. The van der Waals surface area contributed by atoms with Crippen LogP contribution in [0.15, 0.2) is 12.7 Å². The van der Waals surface area contributed by atoms with Gasteiger partial charge in [0.05, 0.1) is 12.2 Å². The third-order valence-electron chi connectivity index (χ3n) is 1.97. The van der Waals surface area contributed by atoms with Crippen LogP contribution in [0.5, 0.6) is 0 Å². The first-order valence-corrected chi connectivity index (χ1v) is 6.34. The van der Waals surface area contributed by atoms with Gasteiger partial charge < -0.3 is 10.0 Å². The minimum absolute atomic E-state index is 0.00392. The number of rotatable bonds is 8. The summed E-state index contributed by atoms with van der Waals surface area (Å²) in [5.41, 5.74) is 0. The van der Waals surface area contributed by atoms with Crippen molar-refractivity contribution in [3.8, 4) is 0 Å². The van der Waals surface area contributed by atoms with Crippen LogP contribution in [0.2, 0.25) is 0 Å². The summed E-state index contributed by atoms with van der Waals surface area (Å²) in [6, 6.07) is 0.0381. The highest BCUT2D eigenvalue weighted by atomic mass is 32.2. The fourth-order valence-electron chi connectivity index (χ4n) is 1.20. The van der Waals surface area contributed by atoms with Gasteiger partial charge in [-0.15, -0.1) is 18.3 Å². The zero-order chi connectivity index (χ0) is 12.6. The molecule has 0 saturated carbocycles. The van der Waals surface area contributed by atoms with Crippen molar-refractivity contribution in [2.24, 2.45) is 0 Å². The van der Waals surface area contributed by atoms with E-state index in [2.05, 4.69) is 6.58 Å². The molecule has 0 aromatic rings. The minimum Gasteiger partial charge on any atom is -0.481 e. The first kappa shape index (κ1) is 15.0. The molecule has 0 radical (unpaired) electrons. The van der Waals surface area contributed by atoms with E-state index in [0.717, 1.165) is 5.75 Å². The smallest absolute Gasteiger partial charge is 0.305 e. The zero-order valence-corrected chi connectivity index (χ0v) is 10.6. The summed E-state index contributed by atoms with van der Waals surface area (Å²) in [7, 11) is 0. The van der Waals surface area contributed by atoms with E-state index in [1.54, 1.807) is 11.0 Å². The van der Waals surface area contributed by atoms with Crippen molar-refractivity contribution >= 4 is 23.6 Å². The average Bonchev–Trinajstić information content (AvgIpc) is 2.17. The van der Waals surface area contributed by atoms with Gasteiger partial charge in [-0.3, -0.25) is 9.59 Å². The Morgan fingerprint density at radius 1 is 1.50 bits per heavy atom. The molecule has 92 valence electrons. The van der Waals surface area contributed by atoms with Gasteiger partial charge in [0.25, 0.3) is 0 Å². The minimum atomic E-state index is -0.878. The van der Waals surface area contributed by atoms with Gasteiger partial charge in [-0.25, -0.2) is 0 Å². The van der Waals surface area contributed by atoms with Crippen molar-refractivity contribution < 1.29 is 14.7 Å². The molecular weight excluding hydrogens is 226 g/mol. The van der Waals surface area contributed by atoms with Crippen molar-refractivity contribution in [3.63, 3.8) is 0 Å². The SMILES string of the molecule is C=CCSCC(=O)N(CCC(=O)O)C(C)C. The molecule has 0 aliphatic carbocycles. The first-order valence-electron chi connectivity index (χ1n) is 5.19. The van der Waals surface area contributed by atoms with Crippen LogP contribution in [0.3, 0.4) is 0 Å². The van der Waals surface area contributed by atoms with Crippen LogP contribution < -0.4 is 0 Å². The number of thioether (sulfide) groups is 1. The number of carbonyl (C=O) groups excluding carboxylic acids is 1. The Bertz CT molecular complexity index is 254. The zero-order valence-electron chi connectivity index (χ0n) is 9.81. The maximum absolute atomic E-state index is 11.7. The Balaban J connectivity index is 4.13. The third kappa shape index (κ3) is 6.50. The molecule has 4 nitrogen and oxygen atoms in total. The molecule has 0 aromatic carbocycles. The highest BCUT2D eigenvalue weighted by molar-refractivity contribution is 8.00. The standard InChI is InChI=1S/C11H19NO3S/c1-4-7-16-8-10(13)12(9(2)3)6-5-11(14)15/h4,9H,1,5-8H2,2-3H3,(H,14,15). The molecule has 1 N–H and O–H groups in total. The lowest BCUT2D eigenvalue weighted by molar-refractivity contribution is -0.138. The molecular formula is C11H19NO3S. The van der Waals surface area contributed by atoms with E-state index in [9.17, 15) is 9.59 Å². The second-order valence-corrected chi connectivity index (χ2v) is 4.66. The van der Waals surface area contributed by atoms with Crippen LogP contribution in [0.1, 0.15) is 20.3 Å². The lowest BCUT2D eigenvalue weighted by Crippen LogP contribution is -2.39. The van der Waals surface area contributed by atoms with Crippen LogP contribution in [-0.2, 0) is 9.59 Å². The Hall–Kier alpha value is -0.970. The van der Waals surface area contributed by atoms with Crippen molar-refractivity contribution in [2.75, 3.05) is 18.1 Å². The normalized spacial score (nSPS) is 10.2. The lowest BCUT2D eigenvalue weighted by atomic mass is 10.3. The van der Waals surface area contributed by atoms with Crippen LogP contribution in [0.25, 0.3) is 0 Å². The van der Waals surface area contributed by atoms with E-state index in [0.29, 0.717) is 5.75 Å². The number of aliphatic carboxylic acids is 1. The Morgan fingerprint density at radius 2 is 2.12 bits per heavy atom. The number of hydrogen-bond acceptors (Lipinski definition) is 3. The summed E-state index contributed by atoms with van der Waals surface area (Å²) < 4.78 is 0. The van der Waals surface area contributed by atoms with Crippen LogP contribution >= 0.6 is 11.8 Å². The van der Waals surface area contributed by atoms with E-state index in [1.165, 1.54) is 11.8 Å². The lowest BCUT2D eigenvalue weighted by Gasteiger charge is -2.26. The highest BCUT2D eigenvalue weighted by Crippen LogP contribution is 2.07. The van der Waals surface area contributed by atoms with E-state index in [1.807, 2.05) is 13.8 Å². The third-order valence-corrected chi connectivity index (χ3v) is 2.89. The van der Waals surface area contributed by atoms with Crippen LogP contribution in [0.4, 0.5) is 0 Å². The predicted octanol–water partition coefficient (Wildman–Crippen LogP) is 1.62. The maximum Gasteiger partial charge on any atom is 0.305 e. The van der Waals surface area contributed by atoms with Crippen molar-refractivity contribution in [1.82, 2.24) is 4.90 Å². The van der Waals surface area contributed by atoms with Gasteiger partial charge in [0.2, 0.25) is 5.91 Å². The average molecular weight is 245 g/mol. The summed E-state index contributed by atoms with van der Waals surface area (Å²) in [6.45, 7) is 7.63. The number of carboxylic acids is 1. The number of carboxylic acid groups (broad SMARTS) is 1. The predicted molar refractivity (Wildman–Crippen MR) is 66.6 cm³/mol. The Kier molecular flexibility index (Phi) is 7.72. The monoisotopic (exact) mass is 245 g/mol. The van der Waals surface area contributed by atoms with Gasteiger partial charge in [0, 0.05) is 18.3 Å². The molecule has 0 fully saturated rings. The molecule has 0 aliphatic heterocycles. The quantitative estimate of drug-likeness (QED) is 0.521. The van der Waals surface area contributed by atoms with Crippen LogP contribution in [0, 0.1) is 0 Å². The molecule has 0 aliphatic rings. The fraction of sp³-hybridized carbons (Fsp3) is 0.636. The van der Waals surface area contributed by atoms with E-state index < -0.39 is 5.97 Å². The fourth-order valence-corrected chi connectivity index (χ4v) is 1.82. The number of nitrogens with zero attached hydrogens (tertiary/aromatic N) is 1. The summed E-state index contributed by atoms with van der Waals surface area (Å²) in [6.07, 6.45) is 1.74. The Morgan fingerprint density at radius 3 is 2.56 bits per heavy atom. The summed E-state index contributed by atoms with van der Waals surface area (Å²) in [5, 5.41) is 8.58. The van der Waals surface area contributed by atoms with Gasteiger partial charge in [-0.05, 0) is 13.8 Å². The van der Waals surface area contributed by atoms with Gasteiger partial charge in [-0.1, -0.05) is 6.08 Å². The summed E-state index contributed by atoms with van der Waals surface area (Å²) in [5.74, 6) is 0.223. The molecule has 16 heavy (non-hydrogen) atoms. The molecule has 0 atom stereocenters. The molecule has 5 heteroatoms. The molecule has 0 heterocycles. The number of carbonyl (C=O) groups is 2. The number of amides is 1. The summed E-state index contributed by atoms with van der Waals surface area (Å²) >= 11 is 1.48. The molecule has 1 amide bonds. The first-order chi connectivity index (χ1) is 7.49. The largest absolute Gasteiger partial charge is 0.481 e. The van der Waals surface area contributed by atoms with Crippen molar-refractivity contribution in [2.45, 2.75) is 26.3 Å². The van der Waals surface area contributed by atoms with Crippen LogP contribution in [-0.4, -0.2) is 46.0 Å². The van der Waals surface area contributed by atoms with E-state index >= 15 is 0 Å². The van der Waals surface area contributed by atoms with Gasteiger partial charge in [-0.2, -0.15) is 0 Å². The second kappa shape index (κ2) is 8.21. The van der Waals surface area contributed by atoms with Gasteiger partial charge >= 0.3 is 5.97 Å². The van der Waals surface area contributed by atoms with Crippen molar-refractivity contribution in [3.05, 3.63) is 12.7 Å². The second-order valence-electron chi connectivity index (χ2n) is 3.63. The van der Waals surface area contributed by atoms with E-state index in [-0.39, 0.29) is 24.9 Å². The maximum atomic E-state index is 11.7. The molecule has 0 rings (SSSR count). The van der Waals surface area contributed by atoms with Gasteiger partial charge in [0.1, 0.15) is 0 Å². The van der Waals surface area contributed by atoms with Gasteiger partial charge in [0.15, 0.2) is 0 Å². The molecule has 0 bridgehead atoms. The van der Waals surface area contributed by atoms with E-state index in [4.69, 9.17) is 5.11 Å².